The van der Waals surface area contributed by atoms with Crippen molar-refractivity contribution in [2.24, 2.45) is 5.41 Å². The first-order valence-electron chi connectivity index (χ1n) is 7.30. The molecule has 2 N–H and O–H groups in total. The van der Waals surface area contributed by atoms with Gasteiger partial charge in [0.15, 0.2) is 5.82 Å². The number of nitrogens with one attached hydrogen (secondary N) is 2. The molecular weight excluding hydrogens is 262 g/mol. The van der Waals surface area contributed by atoms with Gasteiger partial charge < -0.3 is 5.32 Å². The van der Waals surface area contributed by atoms with E-state index in [0.29, 0.717) is 12.2 Å². The third kappa shape index (κ3) is 5.42. The number of aromatic amines is 1. The summed E-state index contributed by atoms with van der Waals surface area (Å²) in [6.07, 6.45) is 2.32. The third-order valence-electron chi connectivity index (χ3n) is 3.12. The van der Waals surface area contributed by atoms with Crippen LogP contribution < -0.4 is 5.32 Å². The molecule has 0 fully saturated rings. The molecular formula is C17H23N3O. The number of anilines is 1. The van der Waals surface area contributed by atoms with E-state index in [1.165, 1.54) is 5.56 Å². The van der Waals surface area contributed by atoms with Gasteiger partial charge in [-0.25, -0.2) is 0 Å². The lowest BCUT2D eigenvalue weighted by Gasteiger charge is -2.16. The average molecular weight is 285 g/mol. The Hall–Kier alpha value is -2.10. The van der Waals surface area contributed by atoms with Crippen molar-refractivity contribution < 1.29 is 4.79 Å². The van der Waals surface area contributed by atoms with Crippen molar-refractivity contribution in [2.75, 3.05) is 5.32 Å². The lowest BCUT2D eigenvalue weighted by molar-refractivity contribution is -0.117. The lowest BCUT2D eigenvalue weighted by Crippen LogP contribution is -2.19. The predicted molar refractivity (Wildman–Crippen MR) is 85.1 cm³/mol. The standard InChI is InChI=1S/C17H23N3O/c1-17(2,3)12-16(21)18-15-11-14(19-20-15)10-9-13-7-5-4-6-8-13/h4-8,11H,9-10,12H2,1-3H3,(H2,18,19,20,21). The first kappa shape index (κ1) is 15.3. The Morgan fingerprint density at radius 1 is 1.19 bits per heavy atom. The Morgan fingerprint density at radius 2 is 1.90 bits per heavy atom. The van der Waals surface area contributed by atoms with Crippen LogP contribution in [0.5, 0.6) is 0 Å². The van der Waals surface area contributed by atoms with Crippen molar-refractivity contribution in [3.05, 3.63) is 47.7 Å². The molecule has 4 nitrogen and oxygen atoms in total. The van der Waals surface area contributed by atoms with E-state index in [1.807, 2.05) is 45.0 Å². The van der Waals surface area contributed by atoms with E-state index in [0.717, 1.165) is 18.5 Å². The summed E-state index contributed by atoms with van der Waals surface area (Å²) >= 11 is 0. The number of H-pyrrole nitrogens is 1. The quantitative estimate of drug-likeness (QED) is 0.882. The zero-order valence-corrected chi connectivity index (χ0v) is 12.9. The van der Waals surface area contributed by atoms with E-state index in [4.69, 9.17) is 0 Å². The van der Waals surface area contributed by atoms with Crippen LogP contribution >= 0.6 is 0 Å². The van der Waals surface area contributed by atoms with Crippen molar-refractivity contribution in [3.63, 3.8) is 0 Å². The number of hydrogen-bond donors (Lipinski definition) is 2. The number of aromatic nitrogens is 2. The molecule has 0 saturated heterocycles. The maximum absolute atomic E-state index is 11.9. The van der Waals surface area contributed by atoms with Crippen molar-refractivity contribution in [1.29, 1.82) is 0 Å². The van der Waals surface area contributed by atoms with E-state index < -0.39 is 0 Å². The van der Waals surface area contributed by atoms with Gasteiger partial charge in [-0.1, -0.05) is 51.1 Å². The number of carbonyl (C=O) groups excluding carboxylic acids is 1. The second kappa shape index (κ2) is 6.57. The Balaban J connectivity index is 1.85. The fraction of sp³-hybridized carbons (Fsp3) is 0.412. The van der Waals surface area contributed by atoms with Gasteiger partial charge in [0, 0.05) is 18.2 Å². The van der Waals surface area contributed by atoms with Crippen LogP contribution in [0.4, 0.5) is 5.82 Å². The molecule has 0 saturated carbocycles. The molecule has 4 heteroatoms. The molecule has 0 aliphatic carbocycles. The van der Waals surface area contributed by atoms with E-state index >= 15 is 0 Å². The highest BCUT2D eigenvalue weighted by molar-refractivity contribution is 5.90. The highest BCUT2D eigenvalue weighted by Gasteiger charge is 2.16. The molecule has 1 amide bonds. The highest BCUT2D eigenvalue weighted by Crippen LogP contribution is 2.19. The number of amides is 1. The Kier molecular flexibility index (Phi) is 4.78. The number of nitrogens with zero attached hydrogens (tertiary/aromatic N) is 1. The average Bonchev–Trinajstić information content (AvgIpc) is 2.83. The maximum Gasteiger partial charge on any atom is 0.226 e. The Morgan fingerprint density at radius 3 is 2.57 bits per heavy atom. The summed E-state index contributed by atoms with van der Waals surface area (Å²) in [5, 5.41) is 9.96. The normalized spacial score (nSPS) is 11.4. The van der Waals surface area contributed by atoms with Gasteiger partial charge in [-0.05, 0) is 23.8 Å². The molecule has 1 heterocycles. The first-order chi connectivity index (χ1) is 9.92. The van der Waals surface area contributed by atoms with Crippen molar-refractivity contribution in [1.82, 2.24) is 10.2 Å². The summed E-state index contributed by atoms with van der Waals surface area (Å²) in [5.41, 5.74) is 2.31. The fourth-order valence-corrected chi connectivity index (χ4v) is 2.15. The number of rotatable bonds is 5. The van der Waals surface area contributed by atoms with Crippen LogP contribution in [-0.4, -0.2) is 16.1 Å². The van der Waals surface area contributed by atoms with Gasteiger partial charge >= 0.3 is 0 Å². The molecule has 0 aliphatic heterocycles. The minimum absolute atomic E-state index is 0.00334. The lowest BCUT2D eigenvalue weighted by atomic mass is 9.92. The molecule has 0 aliphatic rings. The number of hydrogen-bond acceptors (Lipinski definition) is 2. The van der Waals surface area contributed by atoms with E-state index in [2.05, 4.69) is 27.6 Å². The summed E-state index contributed by atoms with van der Waals surface area (Å²) in [5.74, 6) is 0.607. The summed E-state index contributed by atoms with van der Waals surface area (Å²) in [6, 6.07) is 12.2. The molecule has 2 aromatic rings. The third-order valence-corrected chi connectivity index (χ3v) is 3.12. The Bertz CT molecular complexity index is 582. The van der Waals surface area contributed by atoms with E-state index in [9.17, 15) is 4.79 Å². The largest absolute Gasteiger partial charge is 0.309 e. The molecule has 0 atom stereocenters. The molecule has 0 unspecified atom stereocenters. The summed E-state index contributed by atoms with van der Waals surface area (Å²) < 4.78 is 0. The van der Waals surface area contributed by atoms with Crippen LogP contribution in [0.2, 0.25) is 0 Å². The Labute approximate surface area is 126 Å². The monoisotopic (exact) mass is 285 g/mol. The van der Waals surface area contributed by atoms with Gasteiger partial charge in [-0.2, -0.15) is 5.10 Å². The van der Waals surface area contributed by atoms with Crippen LogP contribution in [0.1, 0.15) is 38.4 Å². The van der Waals surface area contributed by atoms with Crippen LogP contribution in [0.25, 0.3) is 0 Å². The van der Waals surface area contributed by atoms with E-state index in [-0.39, 0.29) is 11.3 Å². The maximum atomic E-state index is 11.9. The van der Waals surface area contributed by atoms with Gasteiger partial charge in [0.05, 0.1) is 0 Å². The van der Waals surface area contributed by atoms with Crippen LogP contribution in [-0.2, 0) is 17.6 Å². The van der Waals surface area contributed by atoms with Crippen LogP contribution in [0.15, 0.2) is 36.4 Å². The molecule has 0 bridgehead atoms. The van der Waals surface area contributed by atoms with Gasteiger partial charge in [0.25, 0.3) is 0 Å². The fourth-order valence-electron chi connectivity index (χ4n) is 2.15. The molecule has 1 aromatic carbocycles. The topological polar surface area (TPSA) is 57.8 Å². The van der Waals surface area contributed by atoms with Gasteiger partial charge in [0.2, 0.25) is 5.91 Å². The molecule has 21 heavy (non-hydrogen) atoms. The SMILES string of the molecule is CC(C)(C)CC(=O)Nc1cc(CCc2ccccc2)[nH]n1. The summed E-state index contributed by atoms with van der Waals surface area (Å²) in [6.45, 7) is 6.13. The smallest absolute Gasteiger partial charge is 0.226 e. The van der Waals surface area contributed by atoms with E-state index in [1.54, 1.807) is 0 Å². The zero-order chi connectivity index (χ0) is 15.3. The molecule has 112 valence electrons. The van der Waals surface area contributed by atoms with Gasteiger partial charge in [-0.3, -0.25) is 9.89 Å². The van der Waals surface area contributed by atoms with Gasteiger partial charge in [0.1, 0.15) is 0 Å². The molecule has 1 aromatic heterocycles. The molecule has 0 radical (unpaired) electrons. The highest BCUT2D eigenvalue weighted by atomic mass is 16.1. The minimum atomic E-state index is -0.0173. The van der Waals surface area contributed by atoms with Crippen molar-refractivity contribution >= 4 is 11.7 Å². The molecule has 0 spiro atoms. The summed E-state index contributed by atoms with van der Waals surface area (Å²) in [4.78, 5) is 11.9. The van der Waals surface area contributed by atoms with Gasteiger partial charge in [-0.15, -0.1) is 0 Å². The van der Waals surface area contributed by atoms with Crippen molar-refractivity contribution in [3.8, 4) is 0 Å². The zero-order valence-electron chi connectivity index (χ0n) is 12.9. The second-order valence-electron chi connectivity index (χ2n) is 6.55. The second-order valence-corrected chi connectivity index (χ2v) is 6.55. The van der Waals surface area contributed by atoms with Crippen LogP contribution in [0, 0.1) is 5.41 Å². The number of carbonyl (C=O) groups is 1. The van der Waals surface area contributed by atoms with Crippen LogP contribution in [0.3, 0.4) is 0 Å². The predicted octanol–water partition coefficient (Wildman–Crippen LogP) is 3.57. The number of benzene rings is 1. The minimum Gasteiger partial charge on any atom is -0.309 e. The van der Waals surface area contributed by atoms with Crippen molar-refractivity contribution in [2.45, 2.75) is 40.0 Å². The summed E-state index contributed by atoms with van der Waals surface area (Å²) in [7, 11) is 0. The first-order valence-corrected chi connectivity index (χ1v) is 7.30. The molecule has 2 rings (SSSR count). The number of aryl methyl sites for hydroxylation is 2.